The Balaban J connectivity index is 2.92. The Kier molecular flexibility index (Phi) is 2.46. The molecule has 0 radical (unpaired) electrons. The van der Waals surface area contributed by atoms with E-state index >= 15 is 0 Å². The Morgan fingerprint density at radius 1 is 1.45 bits per heavy atom. The molecular formula is C7H11NO2S. The summed E-state index contributed by atoms with van der Waals surface area (Å²) >= 11 is 0. The van der Waals surface area contributed by atoms with Gasteiger partial charge >= 0.3 is 0 Å². The quantitative estimate of drug-likeness (QED) is 0.670. The normalized spacial score (nSPS) is 18.1. The zero-order valence-electron chi connectivity index (χ0n) is 6.37. The molecule has 11 heavy (non-hydrogen) atoms. The maximum atomic E-state index is 11.1. The number of sulfonamides is 1. The van der Waals surface area contributed by atoms with E-state index in [-0.39, 0.29) is 0 Å². The standard InChI is InChI=1S/C7H11NO2S/c1-8-11(9,10)7-5-3-2-4-6-7/h3,5-6,8H,2,4H2,1H3. The molecule has 0 aliphatic heterocycles. The predicted molar refractivity (Wildman–Crippen MR) is 44.4 cm³/mol. The number of hydrogen-bond acceptors (Lipinski definition) is 2. The van der Waals surface area contributed by atoms with Crippen LogP contribution in [0.15, 0.2) is 23.1 Å². The summed E-state index contributed by atoms with van der Waals surface area (Å²) in [5.74, 6) is 0. The zero-order chi connectivity index (χ0) is 8.32. The van der Waals surface area contributed by atoms with E-state index in [9.17, 15) is 8.42 Å². The highest BCUT2D eigenvalue weighted by Gasteiger charge is 2.12. The predicted octanol–water partition coefficient (Wildman–Crippen LogP) is 0.770. The van der Waals surface area contributed by atoms with Crippen LogP contribution < -0.4 is 4.72 Å². The summed E-state index contributed by atoms with van der Waals surface area (Å²) in [6.45, 7) is 0. The molecule has 3 nitrogen and oxygen atoms in total. The molecule has 4 heteroatoms. The summed E-state index contributed by atoms with van der Waals surface area (Å²) in [6.07, 6.45) is 6.97. The van der Waals surface area contributed by atoms with Crippen LogP contribution in [0, 0.1) is 0 Å². The van der Waals surface area contributed by atoms with Crippen molar-refractivity contribution in [3.8, 4) is 0 Å². The Labute approximate surface area is 66.9 Å². The van der Waals surface area contributed by atoms with E-state index in [0.717, 1.165) is 12.8 Å². The van der Waals surface area contributed by atoms with Crippen molar-refractivity contribution >= 4 is 10.0 Å². The third-order valence-electron chi connectivity index (χ3n) is 1.54. The van der Waals surface area contributed by atoms with Crippen LogP contribution in [0.4, 0.5) is 0 Å². The molecule has 0 heterocycles. The van der Waals surface area contributed by atoms with Gasteiger partial charge in [-0.15, -0.1) is 0 Å². The van der Waals surface area contributed by atoms with Gasteiger partial charge in [-0.2, -0.15) is 0 Å². The second kappa shape index (κ2) is 3.19. The van der Waals surface area contributed by atoms with Gasteiger partial charge in [-0.3, -0.25) is 0 Å². The molecule has 0 bridgehead atoms. The lowest BCUT2D eigenvalue weighted by molar-refractivity contribution is 0.595. The summed E-state index contributed by atoms with van der Waals surface area (Å²) in [5.41, 5.74) is 0. The lowest BCUT2D eigenvalue weighted by Crippen LogP contribution is -2.20. The highest BCUT2D eigenvalue weighted by molar-refractivity contribution is 7.93. The van der Waals surface area contributed by atoms with Crippen molar-refractivity contribution in [1.82, 2.24) is 4.72 Å². The average Bonchev–Trinajstić information content (AvgIpc) is 2.06. The highest BCUT2D eigenvalue weighted by atomic mass is 32.2. The van der Waals surface area contributed by atoms with E-state index in [2.05, 4.69) is 4.72 Å². The molecule has 0 aromatic heterocycles. The molecule has 62 valence electrons. The second-order valence-corrected chi connectivity index (χ2v) is 4.18. The van der Waals surface area contributed by atoms with Gasteiger partial charge in [0.1, 0.15) is 0 Å². The second-order valence-electron chi connectivity index (χ2n) is 2.29. The van der Waals surface area contributed by atoms with E-state index in [1.807, 2.05) is 6.08 Å². The van der Waals surface area contributed by atoms with Crippen LogP contribution in [-0.2, 0) is 10.0 Å². The minimum atomic E-state index is -3.20. The molecule has 1 aliphatic carbocycles. The van der Waals surface area contributed by atoms with Crippen LogP contribution in [0.3, 0.4) is 0 Å². The van der Waals surface area contributed by atoms with Crippen molar-refractivity contribution in [1.29, 1.82) is 0 Å². The maximum Gasteiger partial charge on any atom is 0.239 e. The van der Waals surface area contributed by atoms with Gasteiger partial charge < -0.3 is 0 Å². The maximum absolute atomic E-state index is 11.1. The molecule has 0 unspecified atom stereocenters. The van der Waals surface area contributed by atoms with Crippen LogP contribution in [0.5, 0.6) is 0 Å². The van der Waals surface area contributed by atoms with Crippen LogP contribution in [0.1, 0.15) is 12.8 Å². The van der Waals surface area contributed by atoms with Gasteiger partial charge in [0.25, 0.3) is 0 Å². The monoisotopic (exact) mass is 173 g/mol. The lowest BCUT2D eigenvalue weighted by Gasteiger charge is -2.05. The molecular weight excluding hydrogens is 162 g/mol. The summed E-state index contributed by atoms with van der Waals surface area (Å²) in [6, 6.07) is 0. The first-order valence-corrected chi connectivity index (χ1v) is 4.95. The van der Waals surface area contributed by atoms with Crippen molar-refractivity contribution in [3.63, 3.8) is 0 Å². The van der Waals surface area contributed by atoms with Crippen LogP contribution in [0.2, 0.25) is 0 Å². The summed E-state index contributed by atoms with van der Waals surface area (Å²) in [5, 5.41) is 0. The third-order valence-corrected chi connectivity index (χ3v) is 3.00. The van der Waals surface area contributed by atoms with E-state index in [1.54, 1.807) is 12.2 Å². The zero-order valence-corrected chi connectivity index (χ0v) is 7.19. The number of hydrogen-bond donors (Lipinski definition) is 1. The van der Waals surface area contributed by atoms with E-state index in [1.165, 1.54) is 7.05 Å². The SMILES string of the molecule is CNS(=O)(=O)C1=CCCC=C1. The van der Waals surface area contributed by atoms with Gasteiger partial charge in [0, 0.05) is 0 Å². The number of rotatable bonds is 2. The Morgan fingerprint density at radius 2 is 2.18 bits per heavy atom. The van der Waals surface area contributed by atoms with Crippen molar-refractivity contribution in [2.45, 2.75) is 12.8 Å². The molecule has 0 aromatic rings. The fraction of sp³-hybridized carbons (Fsp3) is 0.429. The van der Waals surface area contributed by atoms with Crippen LogP contribution >= 0.6 is 0 Å². The minimum Gasteiger partial charge on any atom is -0.214 e. The van der Waals surface area contributed by atoms with Crippen molar-refractivity contribution in [3.05, 3.63) is 23.1 Å². The summed E-state index contributed by atoms with van der Waals surface area (Å²) < 4.78 is 24.5. The fourth-order valence-corrected chi connectivity index (χ4v) is 1.75. The van der Waals surface area contributed by atoms with Gasteiger partial charge in [0.05, 0.1) is 4.91 Å². The van der Waals surface area contributed by atoms with Crippen molar-refractivity contribution in [2.24, 2.45) is 0 Å². The first-order valence-electron chi connectivity index (χ1n) is 3.47. The molecule has 1 N–H and O–H groups in total. The highest BCUT2D eigenvalue weighted by Crippen LogP contribution is 2.13. The van der Waals surface area contributed by atoms with Gasteiger partial charge in [-0.05, 0) is 26.0 Å². The molecule has 0 fully saturated rings. The molecule has 0 amide bonds. The van der Waals surface area contributed by atoms with Gasteiger partial charge in [0.15, 0.2) is 0 Å². The molecule has 0 saturated carbocycles. The molecule has 0 saturated heterocycles. The van der Waals surface area contributed by atoms with Gasteiger partial charge in [-0.25, -0.2) is 13.1 Å². The van der Waals surface area contributed by atoms with Gasteiger partial charge in [0.2, 0.25) is 10.0 Å². The summed E-state index contributed by atoms with van der Waals surface area (Å²) in [4.78, 5) is 0.381. The van der Waals surface area contributed by atoms with Crippen LogP contribution in [-0.4, -0.2) is 15.5 Å². The lowest BCUT2D eigenvalue weighted by atomic mass is 10.2. The molecule has 0 aromatic carbocycles. The Hall–Kier alpha value is -0.610. The largest absolute Gasteiger partial charge is 0.239 e. The van der Waals surface area contributed by atoms with Crippen molar-refractivity contribution in [2.75, 3.05) is 7.05 Å². The first kappa shape index (κ1) is 8.49. The first-order chi connectivity index (χ1) is 5.17. The minimum absolute atomic E-state index is 0.381. The topological polar surface area (TPSA) is 46.2 Å². The van der Waals surface area contributed by atoms with E-state index in [4.69, 9.17) is 0 Å². The summed E-state index contributed by atoms with van der Waals surface area (Å²) in [7, 11) is -1.78. The molecule has 0 spiro atoms. The van der Waals surface area contributed by atoms with E-state index in [0.29, 0.717) is 4.91 Å². The van der Waals surface area contributed by atoms with Crippen molar-refractivity contribution < 1.29 is 8.42 Å². The Morgan fingerprint density at radius 3 is 2.64 bits per heavy atom. The van der Waals surface area contributed by atoms with Gasteiger partial charge in [-0.1, -0.05) is 12.2 Å². The molecule has 1 aliphatic rings. The fourth-order valence-electron chi connectivity index (χ4n) is 0.906. The van der Waals surface area contributed by atoms with Crippen LogP contribution in [0.25, 0.3) is 0 Å². The molecule has 0 atom stereocenters. The number of nitrogens with one attached hydrogen (secondary N) is 1. The Bertz CT molecular complexity index is 288. The third kappa shape index (κ3) is 1.91. The average molecular weight is 173 g/mol. The molecule has 1 rings (SSSR count). The number of allylic oxidation sites excluding steroid dienone is 3. The smallest absolute Gasteiger partial charge is 0.214 e. The van der Waals surface area contributed by atoms with E-state index < -0.39 is 10.0 Å².